The van der Waals surface area contributed by atoms with E-state index in [1.165, 1.54) is 46.6 Å². The van der Waals surface area contributed by atoms with Crippen LogP contribution in [-0.2, 0) is 32.5 Å². The fraction of sp³-hybridized carbons (Fsp3) is 0.538. The third-order valence-electron chi connectivity index (χ3n) is 12.5. The molecule has 4 aromatic carbocycles. The van der Waals surface area contributed by atoms with Crippen LogP contribution >= 0.6 is 11.8 Å². The van der Waals surface area contributed by atoms with Gasteiger partial charge in [-0.3, -0.25) is 4.21 Å². The van der Waals surface area contributed by atoms with Crippen molar-refractivity contribution in [1.29, 1.82) is 0 Å². The number of aliphatic hydroxyl groups is 4. The molecule has 0 spiro atoms. The van der Waals surface area contributed by atoms with E-state index in [0.717, 1.165) is 75.7 Å². The monoisotopic (exact) mass is 845 g/mol. The zero-order chi connectivity index (χ0) is 42.9. The van der Waals surface area contributed by atoms with Gasteiger partial charge >= 0.3 is 0 Å². The van der Waals surface area contributed by atoms with Crippen LogP contribution in [0.4, 0.5) is 0 Å². The number of hydrogen-bond acceptors (Lipinski definition) is 6. The number of thioether (sulfide) groups is 1. The molecule has 4 rings (SSSR count). The van der Waals surface area contributed by atoms with Crippen molar-refractivity contribution in [3.8, 4) is 0 Å². The van der Waals surface area contributed by atoms with Gasteiger partial charge in [0.1, 0.15) is 0 Å². The zero-order valence-electron chi connectivity index (χ0n) is 36.7. The van der Waals surface area contributed by atoms with Crippen LogP contribution in [0.1, 0.15) is 127 Å². The summed E-state index contributed by atoms with van der Waals surface area (Å²) in [5.41, 5.74) is 4.10. The Balaban J connectivity index is 0.000000316. The topological polar surface area (TPSA) is 98.0 Å². The Bertz CT molecular complexity index is 1550. The van der Waals surface area contributed by atoms with Gasteiger partial charge in [-0.25, -0.2) is 0 Å². The van der Waals surface area contributed by atoms with Crippen LogP contribution in [0.25, 0.3) is 0 Å². The maximum Gasteiger partial charge on any atom is 0.0525 e. The van der Waals surface area contributed by atoms with E-state index in [4.69, 9.17) is 0 Å². The van der Waals surface area contributed by atoms with Crippen LogP contribution in [0.2, 0.25) is 0 Å². The van der Waals surface area contributed by atoms with Crippen LogP contribution in [0.3, 0.4) is 0 Å². The standard InChI is InChI=1S/C26H38O3S.C26H38O2S/c1-25(21-27,23-13-5-3-6-14-23)17-9-11-19-30(29)20-12-10-18-26(2,22-28)24-15-7-4-8-16-24;1-25(21-27,23-13-5-3-6-14-23)17-9-11-19-29-20-12-10-18-26(2,22-28)24-15-7-4-8-16-24/h3-8,13-16,27-28H,9-12,17-22H2,1-2H3;3-8,13-16,27-28H,9-12,17-22H2,1-2H3. The first-order valence-electron chi connectivity index (χ1n) is 22.1. The minimum absolute atomic E-state index is 0.127. The normalized spacial score (nSPS) is 16.1. The van der Waals surface area contributed by atoms with Gasteiger partial charge in [-0.15, -0.1) is 0 Å². The average molecular weight is 845 g/mol. The van der Waals surface area contributed by atoms with Crippen molar-refractivity contribution in [1.82, 2.24) is 0 Å². The fourth-order valence-electron chi connectivity index (χ4n) is 7.82. The lowest BCUT2D eigenvalue weighted by Gasteiger charge is -2.28. The minimum Gasteiger partial charge on any atom is -0.395 e. The van der Waals surface area contributed by atoms with E-state index in [2.05, 4.69) is 100 Å². The molecule has 0 saturated heterocycles. The number of benzene rings is 4. The minimum atomic E-state index is -0.794. The second-order valence-electron chi connectivity index (χ2n) is 17.6. The lowest BCUT2D eigenvalue weighted by Crippen LogP contribution is -2.27. The van der Waals surface area contributed by atoms with Crippen molar-refractivity contribution < 1.29 is 24.6 Å². The Labute approximate surface area is 365 Å². The van der Waals surface area contributed by atoms with Crippen molar-refractivity contribution in [2.24, 2.45) is 0 Å². The SMILES string of the molecule is CC(CO)(CCCCS(=O)CCCCC(C)(CO)c1ccccc1)c1ccccc1.CC(CO)(CCCCSCCCCC(C)(CO)c1ccccc1)c1ccccc1. The highest BCUT2D eigenvalue weighted by atomic mass is 32.2. The van der Waals surface area contributed by atoms with E-state index < -0.39 is 10.8 Å². The molecule has 4 aromatic rings. The molecule has 59 heavy (non-hydrogen) atoms. The maximum atomic E-state index is 12.4. The van der Waals surface area contributed by atoms with Crippen molar-refractivity contribution in [2.45, 2.75) is 126 Å². The largest absolute Gasteiger partial charge is 0.395 e. The van der Waals surface area contributed by atoms with E-state index in [0.29, 0.717) is 0 Å². The molecule has 0 bridgehead atoms. The molecule has 0 heterocycles. The van der Waals surface area contributed by atoms with Crippen molar-refractivity contribution >= 4 is 22.6 Å². The predicted molar refractivity (Wildman–Crippen MR) is 254 cm³/mol. The number of aliphatic hydroxyl groups excluding tert-OH is 4. The van der Waals surface area contributed by atoms with Crippen molar-refractivity contribution in [2.75, 3.05) is 49.4 Å². The van der Waals surface area contributed by atoms with E-state index in [1.807, 2.05) is 60.3 Å². The third kappa shape index (κ3) is 17.3. The highest BCUT2D eigenvalue weighted by molar-refractivity contribution is 7.99. The summed E-state index contributed by atoms with van der Waals surface area (Å²) in [5.74, 6) is 3.83. The summed E-state index contributed by atoms with van der Waals surface area (Å²) in [4.78, 5) is 0. The van der Waals surface area contributed by atoms with E-state index >= 15 is 0 Å². The summed E-state index contributed by atoms with van der Waals surface area (Å²) in [7, 11) is -0.794. The molecule has 4 atom stereocenters. The van der Waals surface area contributed by atoms with Gasteiger partial charge in [-0.2, -0.15) is 11.8 Å². The first-order valence-corrected chi connectivity index (χ1v) is 24.7. The third-order valence-corrected chi connectivity index (χ3v) is 15.2. The van der Waals surface area contributed by atoms with Crippen LogP contribution in [-0.4, -0.2) is 74.1 Å². The van der Waals surface area contributed by atoms with Gasteiger partial charge < -0.3 is 20.4 Å². The van der Waals surface area contributed by atoms with E-state index in [9.17, 15) is 24.6 Å². The first-order chi connectivity index (χ1) is 28.5. The smallest absolute Gasteiger partial charge is 0.0525 e. The highest BCUT2D eigenvalue weighted by Gasteiger charge is 2.28. The summed E-state index contributed by atoms with van der Waals surface area (Å²) in [5, 5.41) is 39.5. The molecule has 0 fully saturated rings. The summed E-state index contributed by atoms with van der Waals surface area (Å²) < 4.78 is 12.4. The maximum absolute atomic E-state index is 12.4. The number of rotatable bonds is 28. The van der Waals surface area contributed by atoms with Crippen LogP contribution in [0.5, 0.6) is 0 Å². The molecule has 0 radical (unpaired) electrons. The first kappa shape index (κ1) is 50.6. The van der Waals surface area contributed by atoms with Gasteiger partial charge in [0, 0.05) is 44.0 Å². The lowest BCUT2D eigenvalue weighted by molar-refractivity contribution is 0.194. The summed E-state index contributed by atoms with van der Waals surface area (Å²) >= 11 is 2.04. The molecule has 4 N–H and O–H groups in total. The summed E-state index contributed by atoms with van der Waals surface area (Å²) in [6.07, 6.45) is 12.3. The quantitative estimate of drug-likeness (QED) is 0.0425. The van der Waals surface area contributed by atoms with Crippen LogP contribution in [0, 0.1) is 0 Å². The van der Waals surface area contributed by atoms with Gasteiger partial charge in [-0.1, -0.05) is 175 Å². The molecule has 0 aromatic heterocycles. The molecule has 0 aliphatic carbocycles. The van der Waals surface area contributed by atoms with Gasteiger partial charge in [-0.05, 0) is 85.1 Å². The van der Waals surface area contributed by atoms with Crippen LogP contribution in [0.15, 0.2) is 121 Å². The Kier molecular flexibility index (Phi) is 23.3. The van der Waals surface area contributed by atoms with Gasteiger partial charge in [0.05, 0.1) is 26.4 Å². The Morgan fingerprint density at radius 2 is 0.627 bits per heavy atom. The predicted octanol–water partition coefficient (Wildman–Crippen LogP) is 10.9. The molecule has 0 aliphatic rings. The highest BCUT2D eigenvalue weighted by Crippen LogP contribution is 2.32. The number of hydrogen-bond donors (Lipinski definition) is 4. The van der Waals surface area contributed by atoms with Gasteiger partial charge in [0.2, 0.25) is 0 Å². The Morgan fingerprint density at radius 1 is 0.390 bits per heavy atom. The summed E-state index contributed by atoms with van der Waals surface area (Å²) in [6.45, 7) is 9.20. The molecule has 0 saturated carbocycles. The van der Waals surface area contributed by atoms with Crippen molar-refractivity contribution in [3.05, 3.63) is 144 Å². The molecule has 4 unspecified atom stereocenters. The second-order valence-corrected chi connectivity index (χ2v) is 20.5. The molecule has 0 amide bonds. The van der Waals surface area contributed by atoms with Crippen molar-refractivity contribution in [3.63, 3.8) is 0 Å². The fourth-order valence-corrected chi connectivity index (χ4v) is 10.1. The zero-order valence-corrected chi connectivity index (χ0v) is 38.3. The van der Waals surface area contributed by atoms with Gasteiger partial charge in [0.25, 0.3) is 0 Å². The molecular formula is C52H76O5S2. The molecule has 0 aliphatic heterocycles. The van der Waals surface area contributed by atoms with Crippen LogP contribution < -0.4 is 0 Å². The Morgan fingerprint density at radius 3 is 0.864 bits per heavy atom. The molecule has 326 valence electrons. The second kappa shape index (κ2) is 27.2. The molecule has 5 nitrogen and oxygen atoms in total. The van der Waals surface area contributed by atoms with E-state index in [-0.39, 0.29) is 48.1 Å². The van der Waals surface area contributed by atoms with Gasteiger partial charge in [0.15, 0.2) is 0 Å². The van der Waals surface area contributed by atoms with E-state index in [1.54, 1.807) is 0 Å². The average Bonchev–Trinajstić information content (AvgIpc) is 3.29. The Hall–Kier alpha value is -2.78. The summed E-state index contributed by atoms with van der Waals surface area (Å²) in [6, 6.07) is 41.1. The number of unbranched alkanes of at least 4 members (excludes halogenated alkanes) is 4. The molecule has 7 heteroatoms. The lowest BCUT2D eigenvalue weighted by atomic mass is 9.79. The molecular weight excluding hydrogens is 769 g/mol.